The summed E-state index contributed by atoms with van der Waals surface area (Å²) in [6.07, 6.45) is 5.25. The van der Waals surface area contributed by atoms with Crippen LogP contribution in [0.5, 0.6) is 0 Å². The third-order valence-electron chi connectivity index (χ3n) is 4.37. The Morgan fingerprint density at radius 3 is 2.92 bits per heavy atom. The van der Waals surface area contributed by atoms with Crippen LogP contribution in [0.1, 0.15) is 27.2 Å². The fourth-order valence-electron chi connectivity index (χ4n) is 3.05. The number of nitrogens with one attached hydrogen (secondary N) is 1. The van der Waals surface area contributed by atoms with Crippen LogP contribution in [0.2, 0.25) is 0 Å². The van der Waals surface area contributed by atoms with Gasteiger partial charge in [0, 0.05) is 18.3 Å². The Morgan fingerprint density at radius 1 is 1.24 bits per heavy atom. The number of benzene rings is 1. The second-order valence-electron chi connectivity index (χ2n) is 6.05. The van der Waals surface area contributed by atoms with Crippen LogP contribution < -0.4 is 5.56 Å². The van der Waals surface area contributed by atoms with E-state index < -0.39 is 0 Å². The van der Waals surface area contributed by atoms with Crippen molar-refractivity contribution in [3.8, 4) is 0 Å². The summed E-state index contributed by atoms with van der Waals surface area (Å²) in [5.74, 6) is -0.0907. The highest BCUT2D eigenvalue weighted by atomic mass is 16.2. The minimum Gasteiger partial charge on any atom is -0.332 e. The molecule has 0 unspecified atom stereocenters. The van der Waals surface area contributed by atoms with Gasteiger partial charge in [0.15, 0.2) is 0 Å². The molecule has 2 aromatic heterocycles. The fraction of sp³-hybridized carbons (Fsp3) is 0.222. The SMILES string of the molecule is O=C(c1cnn(Cc2ccccc2)c1)N1CCc2c(nc[nH]c2=O)C1. The molecule has 1 aromatic carbocycles. The summed E-state index contributed by atoms with van der Waals surface area (Å²) in [5, 5.41) is 4.28. The van der Waals surface area contributed by atoms with Gasteiger partial charge in [-0.15, -0.1) is 0 Å². The number of amides is 1. The molecule has 25 heavy (non-hydrogen) atoms. The van der Waals surface area contributed by atoms with Gasteiger partial charge in [-0.1, -0.05) is 30.3 Å². The highest BCUT2D eigenvalue weighted by Crippen LogP contribution is 2.16. The first kappa shape index (κ1) is 15.3. The molecule has 4 rings (SSSR count). The number of fused-ring (bicyclic) bond motifs is 1. The van der Waals surface area contributed by atoms with Gasteiger partial charge in [0.05, 0.1) is 36.9 Å². The van der Waals surface area contributed by atoms with Crippen molar-refractivity contribution in [3.63, 3.8) is 0 Å². The summed E-state index contributed by atoms with van der Waals surface area (Å²) in [4.78, 5) is 33.0. The van der Waals surface area contributed by atoms with Gasteiger partial charge in [0.1, 0.15) is 0 Å². The van der Waals surface area contributed by atoms with Crippen LogP contribution in [0.4, 0.5) is 0 Å². The number of hydrogen-bond acceptors (Lipinski definition) is 4. The van der Waals surface area contributed by atoms with Crippen molar-refractivity contribution < 1.29 is 4.79 Å². The molecule has 126 valence electrons. The highest BCUT2D eigenvalue weighted by Gasteiger charge is 2.25. The maximum absolute atomic E-state index is 12.7. The Kier molecular flexibility index (Phi) is 3.89. The Bertz CT molecular complexity index is 961. The zero-order valence-electron chi connectivity index (χ0n) is 13.6. The summed E-state index contributed by atoms with van der Waals surface area (Å²) >= 11 is 0. The molecule has 1 amide bonds. The van der Waals surface area contributed by atoms with E-state index in [1.807, 2.05) is 30.3 Å². The minimum absolute atomic E-state index is 0.0907. The molecule has 0 aliphatic carbocycles. The van der Waals surface area contributed by atoms with Gasteiger partial charge in [-0.3, -0.25) is 14.3 Å². The Balaban J connectivity index is 1.50. The van der Waals surface area contributed by atoms with Crippen LogP contribution in [0, 0.1) is 0 Å². The molecule has 3 aromatic rings. The molecule has 0 spiro atoms. The molecular formula is C18H17N5O2. The number of carbonyl (C=O) groups excluding carboxylic acids is 1. The summed E-state index contributed by atoms with van der Waals surface area (Å²) in [6, 6.07) is 9.96. The van der Waals surface area contributed by atoms with E-state index in [1.165, 1.54) is 6.33 Å². The maximum atomic E-state index is 12.7. The van der Waals surface area contributed by atoms with Crippen molar-refractivity contribution in [2.24, 2.45) is 0 Å². The summed E-state index contributed by atoms with van der Waals surface area (Å²) in [7, 11) is 0. The lowest BCUT2D eigenvalue weighted by Crippen LogP contribution is -2.38. The summed E-state index contributed by atoms with van der Waals surface area (Å²) in [5.41, 5.74) is 2.89. The van der Waals surface area contributed by atoms with Crippen LogP contribution in [-0.4, -0.2) is 37.1 Å². The van der Waals surface area contributed by atoms with E-state index in [4.69, 9.17) is 0 Å². The minimum atomic E-state index is -0.118. The van der Waals surface area contributed by atoms with E-state index in [0.29, 0.717) is 42.9 Å². The molecule has 1 N–H and O–H groups in total. The molecule has 0 atom stereocenters. The molecule has 1 aliphatic rings. The van der Waals surface area contributed by atoms with Gasteiger partial charge in [0.25, 0.3) is 11.5 Å². The molecule has 1 aliphatic heterocycles. The van der Waals surface area contributed by atoms with Crippen molar-refractivity contribution in [1.29, 1.82) is 0 Å². The Hall–Kier alpha value is -3.22. The summed E-state index contributed by atoms with van der Waals surface area (Å²) in [6.45, 7) is 1.47. The average molecular weight is 335 g/mol. The second kappa shape index (κ2) is 6.35. The molecule has 0 bridgehead atoms. The van der Waals surface area contributed by atoms with E-state index in [1.54, 1.807) is 22.0 Å². The summed E-state index contributed by atoms with van der Waals surface area (Å²) < 4.78 is 1.75. The lowest BCUT2D eigenvalue weighted by molar-refractivity contribution is 0.0731. The zero-order valence-corrected chi connectivity index (χ0v) is 13.6. The van der Waals surface area contributed by atoms with Gasteiger partial charge in [-0.2, -0.15) is 5.10 Å². The van der Waals surface area contributed by atoms with E-state index >= 15 is 0 Å². The van der Waals surface area contributed by atoms with Gasteiger partial charge in [-0.05, 0) is 12.0 Å². The third-order valence-corrected chi connectivity index (χ3v) is 4.37. The first-order valence-corrected chi connectivity index (χ1v) is 8.12. The fourth-order valence-corrected chi connectivity index (χ4v) is 3.05. The second-order valence-corrected chi connectivity index (χ2v) is 6.05. The van der Waals surface area contributed by atoms with Crippen LogP contribution in [0.15, 0.2) is 53.8 Å². The lowest BCUT2D eigenvalue weighted by Gasteiger charge is -2.26. The van der Waals surface area contributed by atoms with Crippen molar-refractivity contribution in [3.05, 3.63) is 81.8 Å². The van der Waals surface area contributed by atoms with Gasteiger partial charge < -0.3 is 9.88 Å². The largest absolute Gasteiger partial charge is 0.332 e. The first-order chi connectivity index (χ1) is 12.2. The quantitative estimate of drug-likeness (QED) is 0.780. The molecule has 0 saturated carbocycles. The van der Waals surface area contributed by atoms with Crippen molar-refractivity contribution in [2.75, 3.05) is 6.54 Å². The topological polar surface area (TPSA) is 83.9 Å². The predicted octanol–water partition coefficient (Wildman–Crippen LogP) is 1.21. The molecular weight excluding hydrogens is 318 g/mol. The molecule has 0 radical (unpaired) electrons. The number of aromatic nitrogens is 4. The highest BCUT2D eigenvalue weighted by molar-refractivity contribution is 5.93. The van der Waals surface area contributed by atoms with Gasteiger partial charge in [0.2, 0.25) is 0 Å². The normalized spacial score (nSPS) is 13.5. The van der Waals surface area contributed by atoms with Gasteiger partial charge in [-0.25, -0.2) is 4.98 Å². The standard InChI is InChI=1S/C18H17N5O2/c24-17-15-6-7-22(11-16(15)19-12-20-17)18(25)14-8-21-23(10-14)9-13-4-2-1-3-5-13/h1-5,8,10,12H,6-7,9,11H2,(H,19,20,24). The van der Waals surface area contributed by atoms with Crippen LogP contribution in [-0.2, 0) is 19.5 Å². The molecule has 0 saturated heterocycles. The monoisotopic (exact) mass is 335 g/mol. The molecule has 7 nitrogen and oxygen atoms in total. The number of hydrogen-bond donors (Lipinski definition) is 1. The van der Waals surface area contributed by atoms with E-state index in [9.17, 15) is 9.59 Å². The molecule has 3 heterocycles. The smallest absolute Gasteiger partial charge is 0.257 e. The van der Waals surface area contributed by atoms with Crippen molar-refractivity contribution in [1.82, 2.24) is 24.6 Å². The number of nitrogens with zero attached hydrogens (tertiary/aromatic N) is 4. The third kappa shape index (κ3) is 3.08. The van der Waals surface area contributed by atoms with E-state index in [2.05, 4.69) is 15.1 Å². The van der Waals surface area contributed by atoms with E-state index in [-0.39, 0.29) is 11.5 Å². The van der Waals surface area contributed by atoms with Crippen LogP contribution in [0.25, 0.3) is 0 Å². The number of carbonyl (C=O) groups is 1. The molecule has 7 heteroatoms. The van der Waals surface area contributed by atoms with Gasteiger partial charge >= 0.3 is 0 Å². The number of aromatic amines is 1. The van der Waals surface area contributed by atoms with E-state index in [0.717, 1.165) is 5.56 Å². The predicted molar refractivity (Wildman–Crippen MR) is 91.1 cm³/mol. The number of rotatable bonds is 3. The first-order valence-electron chi connectivity index (χ1n) is 8.12. The van der Waals surface area contributed by atoms with Crippen molar-refractivity contribution >= 4 is 5.91 Å². The maximum Gasteiger partial charge on any atom is 0.257 e. The Labute approximate surface area is 143 Å². The van der Waals surface area contributed by atoms with Crippen LogP contribution >= 0.6 is 0 Å². The Morgan fingerprint density at radius 2 is 2.08 bits per heavy atom. The lowest BCUT2D eigenvalue weighted by atomic mass is 10.1. The average Bonchev–Trinajstić information content (AvgIpc) is 3.10. The van der Waals surface area contributed by atoms with Crippen LogP contribution in [0.3, 0.4) is 0 Å². The zero-order chi connectivity index (χ0) is 17.2. The molecule has 0 fully saturated rings. The number of H-pyrrole nitrogens is 1. The van der Waals surface area contributed by atoms with Crippen molar-refractivity contribution in [2.45, 2.75) is 19.5 Å².